The van der Waals surface area contributed by atoms with Gasteiger partial charge in [0.1, 0.15) is 5.76 Å². The highest BCUT2D eigenvalue weighted by Gasteiger charge is 2.11. The fourth-order valence-corrected chi connectivity index (χ4v) is 1.91. The summed E-state index contributed by atoms with van der Waals surface area (Å²) in [4.78, 5) is 10.5. The molecule has 0 radical (unpaired) electrons. The third-order valence-corrected chi connectivity index (χ3v) is 3.05. The Labute approximate surface area is 107 Å². The fraction of sp³-hybridized carbons (Fsp3) is 0. The Bertz CT molecular complexity index is 546. The molecule has 0 spiro atoms. The molecule has 2 nitrogen and oxygen atoms in total. The normalized spacial score (nSPS) is 10.4. The fourth-order valence-electron chi connectivity index (χ4n) is 1.27. The first-order chi connectivity index (χ1) is 7.61. The zero-order valence-electron chi connectivity index (χ0n) is 7.84. The lowest BCUT2D eigenvalue weighted by Gasteiger charge is -2.03. The van der Waals surface area contributed by atoms with E-state index in [2.05, 4.69) is 0 Å². The summed E-state index contributed by atoms with van der Waals surface area (Å²) in [6, 6.07) is 6.33. The van der Waals surface area contributed by atoms with Gasteiger partial charge in [-0.3, -0.25) is 4.79 Å². The maximum absolute atomic E-state index is 10.5. The van der Waals surface area contributed by atoms with Crippen LogP contribution in [0.3, 0.4) is 0 Å². The number of hydrogen-bond acceptors (Lipinski definition) is 2. The van der Waals surface area contributed by atoms with E-state index in [-0.39, 0.29) is 5.76 Å². The number of halogens is 3. The van der Waals surface area contributed by atoms with Crippen molar-refractivity contribution >= 4 is 41.1 Å². The van der Waals surface area contributed by atoms with E-state index < -0.39 is 0 Å². The number of furan rings is 1. The van der Waals surface area contributed by atoms with Crippen LogP contribution in [-0.4, -0.2) is 6.29 Å². The van der Waals surface area contributed by atoms with Gasteiger partial charge in [0.2, 0.25) is 0 Å². The van der Waals surface area contributed by atoms with Gasteiger partial charge in [0.05, 0.1) is 15.1 Å². The predicted molar refractivity (Wildman–Crippen MR) is 64.6 cm³/mol. The topological polar surface area (TPSA) is 30.2 Å². The molecular weight excluding hydrogens is 270 g/mol. The molecule has 0 aliphatic rings. The van der Waals surface area contributed by atoms with Crippen LogP contribution in [0.1, 0.15) is 10.6 Å². The summed E-state index contributed by atoms with van der Waals surface area (Å²) < 4.78 is 5.24. The molecule has 0 fully saturated rings. The molecule has 2 aromatic rings. The summed E-state index contributed by atoms with van der Waals surface area (Å²) in [5, 5.41) is 1.17. The van der Waals surface area contributed by atoms with Crippen molar-refractivity contribution in [3.63, 3.8) is 0 Å². The summed E-state index contributed by atoms with van der Waals surface area (Å²) >= 11 is 17.7. The number of carbonyl (C=O) groups is 1. The second-order valence-electron chi connectivity index (χ2n) is 3.07. The second kappa shape index (κ2) is 4.50. The molecule has 0 saturated carbocycles. The van der Waals surface area contributed by atoms with Crippen LogP contribution in [0.25, 0.3) is 11.3 Å². The van der Waals surface area contributed by atoms with Gasteiger partial charge in [0.25, 0.3) is 0 Å². The lowest BCUT2D eigenvalue weighted by molar-refractivity contribution is 0.110. The first kappa shape index (κ1) is 11.5. The Morgan fingerprint density at radius 3 is 2.31 bits per heavy atom. The van der Waals surface area contributed by atoms with Crippen molar-refractivity contribution in [2.75, 3.05) is 0 Å². The van der Waals surface area contributed by atoms with Crippen LogP contribution in [0.5, 0.6) is 0 Å². The molecule has 0 amide bonds. The van der Waals surface area contributed by atoms with Crippen molar-refractivity contribution < 1.29 is 9.21 Å². The standard InChI is InChI=1S/C11H5Cl3O2/c12-8-4-10(14)9(13)3-7(8)11-2-1-6(5-15)16-11/h1-5H. The molecule has 0 aliphatic carbocycles. The monoisotopic (exact) mass is 274 g/mol. The number of rotatable bonds is 2. The van der Waals surface area contributed by atoms with Gasteiger partial charge in [-0.15, -0.1) is 0 Å². The maximum atomic E-state index is 10.5. The molecule has 0 saturated heterocycles. The highest BCUT2D eigenvalue weighted by molar-refractivity contribution is 6.44. The van der Waals surface area contributed by atoms with Crippen LogP contribution in [0.2, 0.25) is 15.1 Å². The van der Waals surface area contributed by atoms with Crippen LogP contribution in [0, 0.1) is 0 Å². The van der Waals surface area contributed by atoms with E-state index in [9.17, 15) is 4.79 Å². The van der Waals surface area contributed by atoms with Crippen molar-refractivity contribution in [1.29, 1.82) is 0 Å². The largest absolute Gasteiger partial charge is 0.453 e. The van der Waals surface area contributed by atoms with E-state index in [4.69, 9.17) is 39.2 Å². The van der Waals surface area contributed by atoms with Crippen molar-refractivity contribution in [2.24, 2.45) is 0 Å². The Kier molecular flexibility index (Phi) is 3.24. The molecule has 1 heterocycles. The van der Waals surface area contributed by atoms with Crippen molar-refractivity contribution in [3.8, 4) is 11.3 Å². The van der Waals surface area contributed by atoms with Gasteiger partial charge < -0.3 is 4.42 Å². The number of aldehydes is 1. The van der Waals surface area contributed by atoms with Crippen LogP contribution >= 0.6 is 34.8 Å². The minimum absolute atomic E-state index is 0.233. The highest BCUT2D eigenvalue weighted by atomic mass is 35.5. The summed E-state index contributed by atoms with van der Waals surface area (Å²) in [6.07, 6.45) is 0.620. The zero-order valence-corrected chi connectivity index (χ0v) is 10.1. The van der Waals surface area contributed by atoms with Gasteiger partial charge >= 0.3 is 0 Å². The lowest BCUT2D eigenvalue weighted by Crippen LogP contribution is -1.78. The lowest BCUT2D eigenvalue weighted by atomic mass is 10.2. The summed E-state index contributed by atoms with van der Waals surface area (Å²) in [7, 11) is 0. The minimum atomic E-state index is 0.233. The number of benzene rings is 1. The summed E-state index contributed by atoms with van der Waals surface area (Å²) in [6.45, 7) is 0. The molecule has 1 aromatic carbocycles. The van der Waals surface area contributed by atoms with E-state index in [1.165, 1.54) is 6.07 Å². The molecule has 0 unspecified atom stereocenters. The number of carbonyl (C=O) groups excluding carboxylic acids is 1. The molecule has 5 heteroatoms. The quantitative estimate of drug-likeness (QED) is 0.586. The molecule has 2 rings (SSSR count). The van der Waals surface area contributed by atoms with Crippen molar-refractivity contribution in [3.05, 3.63) is 45.1 Å². The van der Waals surface area contributed by atoms with Gasteiger partial charge in [0, 0.05) is 5.56 Å². The molecule has 0 N–H and O–H groups in total. The first-order valence-corrected chi connectivity index (χ1v) is 5.45. The van der Waals surface area contributed by atoms with Crippen LogP contribution in [-0.2, 0) is 0 Å². The Balaban J connectivity index is 2.55. The molecule has 0 aliphatic heterocycles. The van der Waals surface area contributed by atoms with Gasteiger partial charge in [-0.1, -0.05) is 34.8 Å². The van der Waals surface area contributed by atoms with Gasteiger partial charge in [0.15, 0.2) is 12.0 Å². The number of hydrogen-bond donors (Lipinski definition) is 0. The Morgan fingerprint density at radius 1 is 1.00 bits per heavy atom. The van der Waals surface area contributed by atoms with Crippen LogP contribution in [0.4, 0.5) is 0 Å². The van der Waals surface area contributed by atoms with E-state index in [1.807, 2.05) is 0 Å². The average Bonchev–Trinajstić information content (AvgIpc) is 2.71. The zero-order chi connectivity index (χ0) is 11.7. The van der Waals surface area contributed by atoms with Crippen LogP contribution < -0.4 is 0 Å². The molecule has 82 valence electrons. The molecule has 0 bridgehead atoms. The minimum Gasteiger partial charge on any atom is -0.453 e. The Hall–Kier alpha value is -0.960. The molecule has 16 heavy (non-hydrogen) atoms. The van der Waals surface area contributed by atoms with Gasteiger partial charge in [-0.25, -0.2) is 0 Å². The highest BCUT2D eigenvalue weighted by Crippen LogP contribution is 2.35. The smallest absolute Gasteiger partial charge is 0.185 e. The third kappa shape index (κ3) is 2.09. The summed E-state index contributed by atoms with van der Waals surface area (Å²) in [5.74, 6) is 0.711. The summed E-state index contributed by atoms with van der Waals surface area (Å²) in [5.41, 5.74) is 0.601. The SMILES string of the molecule is O=Cc1ccc(-c2cc(Cl)c(Cl)cc2Cl)o1. The van der Waals surface area contributed by atoms with E-state index in [0.717, 1.165) is 0 Å². The molecule has 1 aromatic heterocycles. The molecule has 0 atom stereocenters. The first-order valence-electron chi connectivity index (χ1n) is 4.31. The molecular formula is C11H5Cl3O2. The van der Waals surface area contributed by atoms with Gasteiger partial charge in [-0.05, 0) is 24.3 Å². The predicted octanol–water partition coefficient (Wildman–Crippen LogP) is 4.72. The van der Waals surface area contributed by atoms with E-state index >= 15 is 0 Å². The van der Waals surface area contributed by atoms with Crippen molar-refractivity contribution in [2.45, 2.75) is 0 Å². The van der Waals surface area contributed by atoms with Crippen molar-refractivity contribution in [1.82, 2.24) is 0 Å². The second-order valence-corrected chi connectivity index (χ2v) is 4.29. The van der Waals surface area contributed by atoms with Crippen LogP contribution in [0.15, 0.2) is 28.7 Å². The van der Waals surface area contributed by atoms with E-state index in [0.29, 0.717) is 32.7 Å². The maximum Gasteiger partial charge on any atom is 0.185 e. The Morgan fingerprint density at radius 2 is 1.69 bits per heavy atom. The average molecular weight is 276 g/mol. The van der Waals surface area contributed by atoms with Gasteiger partial charge in [-0.2, -0.15) is 0 Å². The van der Waals surface area contributed by atoms with E-state index in [1.54, 1.807) is 18.2 Å². The third-order valence-electron chi connectivity index (χ3n) is 2.02.